The van der Waals surface area contributed by atoms with Gasteiger partial charge in [-0.3, -0.25) is 0 Å². The molecule has 20 heavy (non-hydrogen) atoms. The minimum atomic E-state index is 0.0330. The van der Waals surface area contributed by atoms with E-state index in [1.54, 1.807) is 0 Å². The van der Waals surface area contributed by atoms with Crippen LogP contribution in [0.15, 0.2) is 24.3 Å². The Morgan fingerprint density at radius 2 is 2.15 bits per heavy atom. The molecule has 0 saturated heterocycles. The van der Waals surface area contributed by atoms with Gasteiger partial charge in [0, 0.05) is 5.02 Å². The molecule has 1 saturated carbocycles. The molecule has 1 fully saturated rings. The fourth-order valence-corrected chi connectivity index (χ4v) is 3.22. The third kappa shape index (κ3) is 3.98. The van der Waals surface area contributed by atoms with Crippen LogP contribution in [0.5, 0.6) is 0 Å². The Labute approximate surface area is 126 Å². The number of nitrogens with zero attached hydrogens (tertiary/aromatic N) is 1. The average molecular weight is 292 g/mol. The van der Waals surface area contributed by atoms with Gasteiger partial charge in [-0.05, 0) is 36.8 Å². The van der Waals surface area contributed by atoms with E-state index in [1.165, 1.54) is 12.8 Å². The van der Waals surface area contributed by atoms with Gasteiger partial charge in [0.15, 0.2) is 0 Å². The van der Waals surface area contributed by atoms with Gasteiger partial charge in [0.2, 0.25) is 0 Å². The SMILES string of the molecule is CCCC1CCC(C#N)C(OCc2ccccc2Cl)C1. The number of benzene rings is 1. The highest BCUT2D eigenvalue weighted by Gasteiger charge is 2.30. The number of ether oxygens (including phenoxy) is 1. The van der Waals surface area contributed by atoms with Gasteiger partial charge in [-0.15, -0.1) is 0 Å². The minimum Gasteiger partial charge on any atom is -0.372 e. The lowest BCUT2D eigenvalue weighted by molar-refractivity contribution is -0.0208. The van der Waals surface area contributed by atoms with Crippen LogP contribution in [-0.2, 0) is 11.3 Å². The average Bonchev–Trinajstić information content (AvgIpc) is 2.47. The monoisotopic (exact) mass is 291 g/mol. The molecule has 108 valence electrons. The fourth-order valence-electron chi connectivity index (χ4n) is 3.03. The van der Waals surface area contributed by atoms with Gasteiger partial charge < -0.3 is 4.74 Å². The van der Waals surface area contributed by atoms with Crippen LogP contribution in [-0.4, -0.2) is 6.10 Å². The van der Waals surface area contributed by atoms with E-state index in [1.807, 2.05) is 24.3 Å². The van der Waals surface area contributed by atoms with Gasteiger partial charge >= 0.3 is 0 Å². The highest BCUT2D eigenvalue weighted by molar-refractivity contribution is 6.31. The van der Waals surface area contributed by atoms with Crippen molar-refractivity contribution in [2.45, 2.75) is 51.7 Å². The molecule has 1 aromatic rings. The van der Waals surface area contributed by atoms with Gasteiger partial charge in [-0.1, -0.05) is 49.6 Å². The first-order valence-electron chi connectivity index (χ1n) is 7.49. The normalized spacial score (nSPS) is 26.1. The number of hydrogen-bond donors (Lipinski definition) is 0. The van der Waals surface area contributed by atoms with E-state index in [2.05, 4.69) is 13.0 Å². The molecule has 3 heteroatoms. The van der Waals surface area contributed by atoms with E-state index in [0.29, 0.717) is 12.5 Å². The summed E-state index contributed by atoms with van der Waals surface area (Å²) in [6.45, 7) is 2.72. The van der Waals surface area contributed by atoms with Crippen molar-refractivity contribution in [3.05, 3.63) is 34.9 Å². The molecule has 0 aromatic heterocycles. The number of nitriles is 1. The second kappa shape index (κ2) is 7.67. The highest BCUT2D eigenvalue weighted by Crippen LogP contribution is 2.34. The smallest absolute Gasteiger partial charge is 0.0740 e. The summed E-state index contributed by atoms with van der Waals surface area (Å²) in [4.78, 5) is 0. The molecule has 3 unspecified atom stereocenters. The molecule has 1 aliphatic rings. The number of rotatable bonds is 5. The van der Waals surface area contributed by atoms with E-state index in [0.717, 1.165) is 29.8 Å². The Morgan fingerprint density at radius 3 is 2.85 bits per heavy atom. The van der Waals surface area contributed by atoms with Crippen LogP contribution < -0.4 is 0 Å². The second-order valence-corrected chi connectivity index (χ2v) is 6.05. The predicted molar refractivity (Wildman–Crippen MR) is 81.4 cm³/mol. The zero-order chi connectivity index (χ0) is 14.4. The topological polar surface area (TPSA) is 33.0 Å². The maximum Gasteiger partial charge on any atom is 0.0740 e. The molecule has 1 aromatic carbocycles. The molecule has 0 amide bonds. The first-order valence-corrected chi connectivity index (χ1v) is 7.87. The van der Waals surface area contributed by atoms with E-state index in [4.69, 9.17) is 16.3 Å². The Hall–Kier alpha value is -1.04. The zero-order valence-electron chi connectivity index (χ0n) is 12.0. The maximum atomic E-state index is 9.27. The fraction of sp³-hybridized carbons (Fsp3) is 0.588. The van der Waals surface area contributed by atoms with Crippen LogP contribution in [0.2, 0.25) is 5.02 Å². The standard InChI is InChI=1S/C17H22ClNO/c1-2-5-13-8-9-14(11-19)17(10-13)20-12-15-6-3-4-7-16(15)18/h3-4,6-7,13-14,17H,2,5,8-10,12H2,1H3. The summed E-state index contributed by atoms with van der Waals surface area (Å²) in [5, 5.41) is 10.0. The van der Waals surface area contributed by atoms with E-state index in [9.17, 15) is 5.26 Å². The highest BCUT2D eigenvalue weighted by atomic mass is 35.5. The lowest BCUT2D eigenvalue weighted by Crippen LogP contribution is -2.31. The van der Waals surface area contributed by atoms with Crippen LogP contribution in [0, 0.1) is 23.2 Å². The first kappa shape index (κ1) is 15.4. The van der Waals surface area contributed by atoms with Gasteiger partial charge in [-0.2, -0.15) is 5.26 Å². The molecule has 1 aliphatic carbocycles. The van der Waals surface area contributed by atoms with Crippen molar-refractivity contribution < 1.29 is 4.74 Å². The van der Waals surface area contributed by atoms with Crippen LogP contribution in [0.25, 0.3) is 0 Å². The summed E-state index contributed by atoms with van der Waals surface area (Å²) >= 11 is 6.15. The molecule has 3 atom stereocenters. The summed E-state index contributed by atoms with van der Waals surface area (Å²) in [6, 6.07) is 10.2. The molecular weight excluding hydrogens is 270 g/mol. The summed E-state index contributed by atoms with van der Waals surface area (Å²) in [5.41, 5.74) is 1.00. The first-order chi connectivity index (χ1) is 9.74. The Morgan fingerprint density at radius 1 is 1.35 bits per heavy atom. The maximum absolute atomic E-state index is 9.27. The largest absolute Gasteiger partial charge is 0.372 e. The van der Waals surface area contributed by atoms with Crippen LogP contribution in [0.4, 0.5) is 0 Å². The van der Waals surface area contributed by atoms with Crippen molar-refractivity contribution in [3.63, 3.8) is 0 Å². The van der Waals surface area contributed by atoms with Crippen molar-refractivity contribution in [1.29, 1.82) is 5.26 Å². The summed E-state index contributed by atoms with van der Waals surface area (Å²) < 4.78 is 6.02. The summed E-state index contributed by atoms with van der Waals surface area (Å²) in [5.74, 6) is 0.742. The molecule has 2 rings (SSSR count). The van der Waals surface area contributed by atoms with Crippen LogP contribution in [0.1, 0.15) is 44.6 Å². The van der Waals surface area contributed by atoms with Gasteiger partial charge in [0.1, 0.15) is 0 Å². The molecule has 0 aliphatic heterocycles. The molecule has 0 heterocycles. The Kier molecular flexibility index (Phi) is 5.88. The predicted octanol–water partition coefficient (Wildman–Crippen LogP) is 4.97. The van der Waals surface area contributed by atoms with Crippen molar-refractivity contribution in [2.24, 2.45) is 11.8 Å². The number of halogens is 1. The molecule has 2 nitrogen and oxygen atoms in total. The Balaban J connectivity index is 1.95. The van der Waals surface area contributed by atoms with E-state index >= 15 is 0 Å². The van der Waals surface area contributed by atoms with Gasteiger partial charge in [-0.25, -0.2) is 0 Å². The molecular formula is C17H22ClNO. The van der Waals surface area contributed by atoms with E-state index in [-0.39, 0.29) is 12.0 Å². The third-order valence-electron chi connectivity index (χ3n) is 4.17. The van der Waals surface area contributed by atoms with Crippen LogP contribution in [0.3, 0.4) is 0 Å². The third-order valence-corrected chi connectivity index (χ3v) is 4.54. The molecule has 0 spiro atoms. The minimum absolute atomic E-state index is 0.0330. The Bertz CT molecular complexity index is 468. The molecule has 0 radical (unpaired) electrons. The van der Waals surface area contributed by atoms with Gasteiger partial charge in [0.05, 0.1) is 24.7 Å². The second-order valence-electron chi connectivity index (χ2n) is 5.64. The number of hydrogen-bond acceptors (Lipinski definition) is 2. The lowest BCUT2D eigenvalue weighted by Gasteiger charge is -2.32. The van der Waals surface area contributed by atoms with Gasteiger partial charge in [0.25, 0.3) is 0 Å². The quantitative estimate of drug-likeness (QED) is 0.767. The molecule has 0 N–H and O–H groups in total. The lowest BCUT2D eigenvalue weighted by atomic mass is 9.78. The molecule has 0 bridgehead atoms. The van der Waals surface area contributed by atoms with E-state index < -0.39 is 0 Å². The van der Waals surface area contributed by atoms with Crippen molar-refractivity contribution in [2.75, 3.05) is 0 Å². The summed E-state index contributed by atoms with van der Waals surface area (Å²) in [7, 11) is 0. The van der Waals surface area contributed by atoms with Crippen molar-refractivity contribution in [3.8, 4) is 6.07 Å². The van der Waals surface area contributed by atoms with Crippen molar-refractivity contribution in [1.82, 2.24) is 0 Å². The summed E-state index contributed by atoms with van der Waals surface area (Å²) in [6.07, 6.45) is 5.65. The van der Waals surface area contributed by atoms with Crippen LogP contribution >= 0.6 is 11.6 Å². The van der Waals surface area contributed by atoms with Crippen molar-refractivity contribution >= 4 is 11.6 Å². The zero-order valence-corrected chi connectivity index (χ0v) is 12.8.